The van der Waals surface area contributed by atoms with Crippen LogP contribution in [0.2, 0.25) is 0 Å². The lowest BCUT2D eigenvalue weighted by atomic mass is 9.80. The molecule has 0 aliphatic carbocycles. The summed E-state index contributed by atoms with van der Waals surface area (Å²) in [7, 11) is 1.46. The molecule has 1 saturated heterocycles. The number of piperidine rings is 1. The summed E-state index contributed by atoms with van der Waals surface area (Å²) in [6.45, 7) is 3.06. The van der Waals surface area contributed by atoms with Crippen molar-refractivity contribution in [3.05, 3.63) is 29.6 Å². The van der Waals surface area contributed by atoms with E-state index in [0.29, 0.717) is 36.7 Å². The van der Waals surface area contributed by atoms with Crippen molar-refractivity contribution in [3.63, 3.8) is 0 Å². The Bertz CT molecular complexity index is 569. The summed E-state index contributed by atoms with van der Waals surface area (Å²) < 4.78 is 18.9. The first-order valence-corrected chi connectivity index (χ1v) is 7.21. The number of rotatable bonds is 3. The number of thiocarbonyl (C=S) groups is 1. The van der Waals surface area contributed by atoms with Crippen molar-refractivity contribution in [2.24, 2.45) is 11.1 Å². The topological polar surface area (TPSA) is 55.6 Å². The van der Waals surface area contributed by atoms with Crippen molar-refractivity contribution in [2.45, 2.75) is 19.8 Å². The number of benzene rings is 1. The second-order valence-corrected chi connectivity index (χ2v) is 6.00. The van der Waals surface area contributed by atoms with Crippen molar-refractivity contribution in [1.82, 2.24) is 4.90 Å². The molecule has 0 spiro atoms. The van der Waals surface area contributed by atoms with E-state index in [-0.39, 0.29) is 16.9 Å². The highest BCUT2D eigenvalue weighted by Crippen LogP contribution is 2.32. The van der Waals surface area contributed by atoms with E-state index in [9.17, 15) is 9.18 Å². The van der Waals surface area contributed by atoms with E-state index >= 15 is 0 Å². The van der Waals surface area contributed by atoms with Gasteiger partial charge in [-0.3, -0.25) is 4.79 Å². The molecule has 2 N–H and O–H groups in total. The number of likely N-dealkylation sites (tertiary alicyclic amines) is 1. The number of methoxy groups -OCH3 is 1. The summed E-state index contributed by atoms with van der Waals surface area (Å²) in [4.78, 5) is 14.5. The molecular weight excluding hydrogens is 291 g/mol. The Labute approximate surface area is 129 Å². The highest BCUT2D eigenvalue weighted by Gasteiger charge is 2.34. The monoisotopic (exact) mass is 310 g/mol. The molecule has 1 aromatic rings. The molecule has 2 rings (SSSR count). The van der Waals surface area contributed by atoms with Gasteiger partial charge < -0.3 is 15.4 Å². The first-order chi connectivity index (χ1) is 9.87. The number of carbonyl (C=O) groups excluding carboxylic acids is 1. The van der Waals surface area contributed by atoms with E-state index in [1.807, 2.05) is 6.92 Å². The fraction of sp³-hybridized carbons (Fsp3) is 0.467. The lowest BCUT2D eigenvalue weighted by Gasteiger charge is -2.38. The third kappa shape index (κ3) is 3.15. The lowest BCUT2D eigenvalue weighted by molar-refractivity contribution is 0.0665. The van der Waals surface area contributed by atoms with Crippen molar-refractivity contribution in [3.8, 4) is 5.75 Å². The number of nitrogens with zero attached hydrogens (tertiary/aromatic N) is 1. The number of hydrogen-bond donors (Lipinski definition) is 1. The summed E-state index contributed by atoms with van der Waals surface area (Å²) in [5.74, 6) is -0.481. The smallest absolute Gasteiger partial charge is 0.256 e. The average molecular weight is 310 g/mol. The summed E-state index contributed by atoms with van der Waals surface area (Å²) in [5.41, 5.74) is 5.59. The van der Waals surface area contributed by atoms with Crippen LogP contribution in [0.5, 0.6) is 5.75 Å². The molecule has 0 atom stereocenters. The summed E-state index contributed by atoms with van der Waals surface area (Å²) in [6, 6.07) is 4.26. The predicted molar refractivity (Wildman–Crippen MR) is 83.0 cm³/mol. The minimum atomic E-state index is -0.568. The number of nitrogens with two attached hydrogens (primary N) is 1. The van der Waals surface area contributed by atoms with Crippen molar-refractivity contribution >= 4 is 23.1 Å². The van der Waals surface area contributed by atoms with Gasteiger partial charge in [0.15, 0.2) is 0 Å². The van der Waals surface area contributed by atoms with E-state index in [1.54, 1.807) is 11.0 Å². The van der Waals surface area contributed by atoms with Gasteiger partial charge in [-0.25, -0.2) is 4.39 Å². The molecule has 0 aromatic heterocycles. The minimum absolute atomic E-state index is 0.0646. The lowest BCUT2D eigenvalue weighted by Crippen LogP contribution is -2.46. The Morgan fingerprint density at radius 2 is 2.05 bits per heavy atom. The Balaban J connectivity index is 2.10. The number of hydrogen-bond acceptors (Lipinski definition) is 3. The van der Waals surface area contributed by atoms with Gasteiger partial charge in [-0.15, -0.1) is 0 Å². The molecule has 0 bridgehead atoms. The van der Waals surface area contributed by atoms with Gasteiger partial charge in [-0.2, -0.15) is 0 Å². The highest BCUT2D eigenvalue weighted by atomic mass is 32.1. The maximum Gasteiger partial charge on any atom is 0.256 e. The van der Waals surface area contributed by atoms with Crippen molar-refractivity contribution in [2.75, 3.05) is 20.2 Å². The van der Waals surface area contributed by atoms with E-state index < -0.39 is 5.82 Å². The van der Waals surface area contributed by atoms with Crippen LogP contribution in [0.15, 0.2) is 18.2 Å². The van der Waals surface area contributed by atoms with Crippen LogP contribution in [0.1, 0.15) is 30.1 Å². The third-order valence-electron chi connectivity index (χ3n) is 4.16. The Morgan fingerprint density at radius 1 is 1.43 bits per heavy atom. The molecular formula is C15H19FN2O2S. The van der Waals surface area contributed by atoms with Crippen LogP contribution in [0.4, 0.5) is 4.39 Å². The number of halogens is 1. The Morgan fingerprint density at radius 3 is 2.52 bits per heavy atom. The van der Waals surface area contributed by atoms with Gasteiger partial charge >= 0.3 is 0 Å². The first-order valence-electron chi connectivity index (χ1n) is 6.80. The van der Waals surface area contributed by atoms with Crippen LogP contribution in [0.3, 0.4) is 0 Å². The SMILES string of the molecule is COc1ccc(C(=O)N2CCC(C)(C(N)=S)CC2)c(F)c1. The fourth-order valence-electron chi connectivity index (χ4n) is 2.42. The second-order valence-electron chi connectivity index (χ2n) is 5.56. The molecule has 0 saturated carbocycles. The van der Waals surface area contributed by atoms with E-state index in [2.05, 4.69) is 0 Å². The Hall–Kier alpha value is -1.69. The summed E-state index contributed by atoms with van der Waals surface area (Å²) >= 11 is 5.08. The van der Waals surface area contributed by atoms with E-state index in [4.69, 9.17) is 22.7 Å². The van der Waals surface area contributed by atoms with Gasteiger partial charge in [0, 0.05) is 24.6 Å². The number of ether oxygens (including phenoxy) is 1. The maximum atomic E-state index is 14.0. The zero-order valence-corrected chi connectivity index (χ0v) is 13.0. The molecule has 1 heterocycles. The maximum absolute atomic E-state index is 14.0. The van der Waals surface area contributed by atoms with Crippen LogP contribution in [-0.4, -0.2) is 36.0 Å². The molecule has 1 aromatic carbocycles. The van der Waals surface area contributed by atoms with Crippen LogP contribution in [0, 0.1) is 11.2 Å². The van der Waals surface area contributed by atoms with Crippen LogP contribution < -0.4 is 10.5 Å². The molecule has 1 amide bonds. The second kappa shape index (κ2) is 5.97. The molecule has 4 nitrogen and oxygen atoms in total. The number of carbonyl (C=O) groups is 1. The van der Waals surface area contributed by atoms with Gasteiger partial charge in [0.2, 0.25) is 0 Å². The van der Waals surface area contributed by atoms with E-state index in [0.717, 1.165) is 0 Å². The fourth-order valence-corrected chi connectivity index (χ4v) is 2.62. The van der Waals surface area contributed by atoms with Crippen LogP contribution >= 0.6 is 12.2 Å². The van der Waals surface area contributed by atoms with Gasteiger partial charge in [0.05, 0.1) is 17.7 Å². The molecule has 1 fully saturated rings. The molecule has 114 valence electrons. The van der Waals surface area contributed by atoms with Crippen LogP contribution in [-0.2, 0) is 0 Å². The van der Waals surface area contributed by atoms with Gasteiger partial charge in [-0.1, -0.05) is 19.1 Å². The van der Waals surface area contributed by atoms with E-state index in [1.165, 1.54) is 19.2 Å². The first kappa shape index (κ1) is 15.7. The van der Waals surface area contributed by atoms with Gasteiger partial charge in [0.25, 0.3) is 5.91 Å². The van der Waals surface area contributed by atoms with Crippen LogP contribution in [0.25, 0.3) is 0 Å². The highest BCUT2D eigenvalue weighted by molar-refractivity contribution is 7.80. The average Bonchev–Trinajstić information content (AvgIpc) is 2.47. The third-order valence-corrected chi connectivity index (χ3v) is 4.65. The molecule has 1 aliphatic heterocycles. The normalized spacial score (nSPS) is 17.4. The quantitative estimate of drug-likeness (QED) is 0.871. The molecule has 6 heteroatoms. The summed E-state index contributed by atoms with van der Waals surface area (Å²) in [5, 5.41) is 0. The molecule has 0 radical (unpaired) electrons. The molecule has 21 heavy (non-hydrogen) atoms. The Kier molecular flexibility index (Phi) is 4.46. The molecule has 1 aliphatic rings. The van der Waals surface area contributed by atoms with Gasteiger partial charge in [-0.05, 0) is 25.0 Å². The molecule has 0 unspecified atom stereocenters. The van der Waals surface area contributed by atoms with Crippen molar-refractivity contribution in [1.29, 1.82) is 0 Å². The van der Waals surface area contributed by atoms with Gasteiger partial charge in [0.1, 0.15) is 11.6 Å². The number of amides is 1. The predicted octanol–water partition coefficient (Wildman–Crippen LogP) is 2.36. The van der Waals surface area contributed by atoms with Crippen molar-refractivity contribution < 1.29 is 13.9 Å². The summed E-state index contributed by atoms with van der Waals surface area (Å²) in [6.07, 6.45) is 1.40. The zero-order chi connectivity index (χ0) is 15.6. The minimum Gasteiger partial charge on any atom is -0.497 e. The standard InChI is InChI=1S/C15H19FN2O2S/c1-15(14(17)21)5-7-18(8-6-15)13(19)11-4-3-10(20-2)9-12(11)16/h3-4,9H,5-8H2,1-2H3,(H2,17,21). The largest absolute Gasteiger partial charge is 0.497 e. The zero-order valence-electron chi connectivity index (χ0n) is 12.2.